The number of aromatic amines is 1. The van der Waals surface area contributed by atoms with Gasteiger partial charge in [0.2, 0.25) is 0 Å². The van der Waals surface area contributed by atoms with Gasteiger partial charge in [0.15, 0.2) is 0 Å². The highest BCUT2D eigenvalue weighted by Crippen LogP contribution is 2.24. The first-order valence-electron chi connectivity index (χ1n) is 3.98. The normalized spacial score (nSPS) is 11.7. The summed E-state index contributed by atoms with van der Waals surface area (Å²) >= 11 is 0. The van der Waals surface area contributed by atoms with E-state index in [-0.39, 0.29) is 11.8 Å². The molecule has 1 heterocycles. The van der Waals surface area contributed by atoms with Crippen LogP contribution in [0.2, 0.25) is 0 Å². The maximum Gasteiger partial charge on any atom is 0.331 e. The van der Waals surface area contributed by atoms with Gasteiger partial charge in [-0.1, -0.05) is 0 Å². The number of imidazole rings is 1. The van der Waals surface area contributed by atoms with E-state index in [1.54, 1.807) is 0 Å². The minimum absolute atomic E-state index is 0.164. The molecule has 0 atom stereocenters. The fourth-order valence-electron chi connectivity index (χ4n) is 0.897. The Kier molecular flexibility index (Phi) is 2.11. The van der Waals surface area contributed by atoms with Crippen LogP contribution in [-0.4, -0.2) is 20.3 Å². The van der Waals surface area contributed by atoms with Crippen molar-refractivity contribution >= 4 is 0 Å². The van der Waals surface area contributed by atoms with Crippen molar-refractivity contribution in [3.05, 3.63) is 10.5 Å². The molecule has 1 aromatic heterocycles. The lowest BCUT2D eigenvalue weighted by Crippen LogP contribution is -2.25. The largest absolute Gasteiger partial charge is 0.491 e. The molecule has 2 N–H and O–H groups in total. The summed E-state index contributed by atoms with van der Waals surface area (Å²) in [6.45, 7) is 5.51. The molecule has 0 aliphatic carbocycles. The monoisotopic (exact) mass is 186 g/mol. The van der Waals surface area contributed by atoms with Crippen molar-refractivity contribution in [1.29, 1.82) is 0 Å². The van der Waals surface area contributed by atoms with Gasteiger partial charge in [0, 0.05) is 7.05 Å². The van der Waals surface area contributed by atoms with Gasteiger partial charge >= 0.3 is 5.69 Å². The summed E-state index contributed by atoms with van der Waals surface area (Å²) in [5.41, 5.74) is -0.832. The molecule has 5 nitrogen and oxygen atoms in total. The van der Waals surface area contributed by atoms with Gasteiger partial charge in [0.1, 0.15) is 5.60 Å². The van der Waals surface area contributed by atoms with E-state index >= 15 is 0 Å². The van der Waals surface area contributed by atoms with Crippen molar-refractivity contribution < 1.29 is 9.84 Å². The average molecular weight is 186 g/mol. The molecule has 0 saturated heterocycles. The zero-order chi connectivity index (χ0) is 10.2. The van der Waals surface area contributed by atoms with Gasteiger partial charge in [-0.3, -0.25) is 9.55 Å². The molecule has 0 saturated carbocycles. The van der Waals surface area contributed by atoms with E-state index < -0.39 is 11.3 Å². The summed E-state index contributed by atoms with van der Waals surface area (Å²) in [6.07, 6.45) is 0. The fraction of sp³-hybridized carbons (Fsp3) is 0.625. The predicted molar refractivity (Wildman–Crippen MR) is 48.1 cm³/mol. The highest BCUT2D eigenvalue weighted by atomic mass is 16.5. The Labute approximate surface area is 76.0 Å². The number of rotatable bonds is 1. The summed E-state index contributed by atoms with van der Waals surface area (Å²) in [5, 5.41) is 9.27. The number of hydrogen-bond acceptors (Lipinski definition) is 3. The Morgan fingerprint density at radius 2 is 2.00 bits per heavy atom. The maximum absolute atomic E-state index is 11.0. The third kappa shape index (κ3) is 2.05. The second-order valence-corrected chi connectivity index (χ2v) is 3.86. The molecule has 0 amide bonds. The maximum atomic E-state index is 11.0. The van der Waals surface area contributed by atoms with Crippen molar-refractivity contribution in [3.63, 3.8) is 0 Å². The summed E-state index contributed by atoms with van der Waals surface area (Å²) in [6, 6.07) is 0. The van der Waals surface area contributed by atoms with Gasteiger partial charge < -0.3 is 9.84 Å². The van der Waals surface area contributed by atoms with Crippen LogP contribution in [0.25, 0.3) is 0 Å². The number of ether oxygens (including phenoxy) is 1. The van der Waals surface area contributed by atoms with Crippen LogP contribution >= 0.6 is 0 Å². The number of H-pyrrole nitrogens is 1. The van der Waals surface area contributed by atoms with Gasteiger partial charge in [-0.05, 0) is 20.8 Å². The predicted octanol–water partition coefficient (Wildman–Crippen LogP) is 0.596. The van der Waals surface area contributed by atoms with Gasteiger partial charge in [-0.25, -0.2) is 4.79 Å². The van der Waals surface area contributed by atoms with Crippen molar-refractivity contribution in [2.24, 2.45) is 7.05 Å². The zero-order valence-corrected chi connectivity index (χ0v) is 8.21. The van der Waals surface area contributed by atoms with E-state index in [2.05, 4.69) is 4.98 Å². The first kappa shape index (κ1) is 9.70. The second-order valence-electron chi connectivity index (χ2n) is 3.86. The van der Waals surface area contributed by atoms with Crippen molar-refractivity contribution in [1.82, 2.24) is 9.55 Å². The number of nitrogens with zero attached hydrogens (tertiary/aromatic N) is 1. The Balaban J connectivity index is 3.08. The first-order valence-corrected chi connectivity index (χ1v) is 3.98. The van der Waals surface area contributed by atoms with E-state index in [9.17, 15) is 9.90 Å². The standard InChI is InChI=1S/C8H14N2O3/c1-8(2,3)13-6-5(11)9-7(12)10(6)4/h11H,1-4H3,(H,9,12). The SMILES string of the molecule is Cn1c(OC(C)(C)C)c(O)[nH]c1=O. The third-order valence-corrected chi connectivity index (χ3v) is 1.44. The molecule has 0 radical (unpaired) electrons. The minimum Gasteiger partial charge on any atom is -0.491 e. The van der Waals surface area contributed by atoms with E-state index in [4.69, 9.17) is 4.74 Å². The number of aromatic hydroxyl groups is 1. The molecular formula is C8H14N2O3. The highest BCUT2D eigenvalue weighted by Gasteiger charge is 2.19. The lowest BCUT2D eigenvalue weighted by molar-refractivity contribution is 0.113. The van der Waals surface area contributed by atoms with Crippen LogP contribution in [0.5, 0.6) is 11.8 Å². The van der Waals surface area contributed by atoms with E-state index in [0.29, 0.717) is 0 Å². The van der Waals surface area contributed by atoms with Crippen LogP contribution in [-0.2, 0) is 7.05 Å². The lowest BCUT2D eigenvalue weighted by Gasteiger charge is -2.20. The molecule has 0 fully saturated rings. The van der Waals surface area contributed by atoms with Crippen molar-refractivity contribution in [2.45, 2.75) is 26.4 Å². The van der Waals surface area contributed by atoms with Gasteiger partial charge in [0.25, 0.3) is 11.8 Å². The second kappa shape index (κ2) is 2.83. The molecule has 1 rings (SSSR count). The topological polar surface area (TPSA) is 67.2 Å². The van der Waals surface area contributed by atoms with Gasteiger partial charge in [0.05, 0.1) is 0 Å². The van der Waals surface area contributed by atoms with Crippen LogP contribution in [0.15, 0.2) is 4.79 Å². The number of aromatic nitrogens is 2. The van der Waals surface area contributed by atoms with Crippen LogP contribution in [0, 0.1) is 0 Å². The van der Waals surface area contributed by atoms with Gasteiger partial charge in [-0.2, -0.15) is 0 Å². The number of nitrogens with one attached hydrogen (secondary N) is 1. The molecule has 13 heavy (non-hydrogen) atoms. The lowest BCUT2D eigenvalue weighted by atomic mass is 10.2. The van der Waals surface area contributed by atoms with Crippen LogP contribution in [0.4, 0.5) is 0 Å². The molecule has 0 unspecified atom stereocenters. The van der Waals surface area contributed by atoms with Gasteiger partial charge in [-0.15, -0.1) is 0 Å². The zero-order valence-electron chi connectivity index (χ0n) is 8.21. The Morgan fingerprint density at radius 3 is 2.31 bits per heavy atom. The molecule has 0 aromatic carbocycles. The van der Waals surface area contributed by atoms with E-state index in [0.717, 1.165) is 0 Å². The van der Waals surface area contributed by atoms with Crippen LogP contribution in [0.1, 0.15) is 20.8 Å². The number of hydrogen-bond donors (Lipinski definition) is 2. The Hall–Kier alpha value is -1.39. The third-order valence-electron chi connectivity index (χ3n) is 1.44. The molecule has 1 aromatic rings. The van der Waals surface area contributed by atoms with Crippen molar-refractivity contribution in [2.75, 3.05) is 0 Å². The molecule has 74 valence electrons. The first-order chi connectivity index (χ1) is 5.81. The van der Waals surface area contributed by atoms with E-state index in [1.807, 2.05) is 20.8 Å². The molecule has 5 heteroatoms. The fourth-order valence-corrected chi connectivity index (χ4v) is 0.897. The molecule has 0 bridgehead atoms. The summed E-state index contributed by atoms with van der Waals surface area (Å²) in [4.78, 5) is 13.3. The molecule has 0 spiro atoms. The minimum atomic E-state index is -0.441. The Morgan fingerprint density at radius 1 is 1.46 bits per heavy atom. The van der Waals surface area contributed by atoms with E-state index in [1.165, 1.54) is 11.6 Å². The smallest absolute Gasteiger partial charge is 0.331 e. The summed E-state index contributed by atoms with van der Waals surface area (Å²) in [5.74, 6) is -0.0695. The van der Waals surface area contributed by atoms with Crippen LogP contribution in [0.3, 0.4) is 0 Å². The summed E-state index contributed by atoms with van der Waals surface area (Å²) < 4.78 is 6.59. The quantitative estimate of drug-likeness (QED) is 0.674. The molecule has 0 aliphatic heterocycles. The summed E-state index contributed by atoms with van der Waals surface area (Å²) in [7, 11) is 1.53. The van der Waals surface area contributed by atoms with Crippen molar-refractivity contribution in [3.8, 4) is 11.8 Å². The average Bonchev–Trinajstić information content (AvgIpc) is 2.14. The molecular weight excluding hydrogens is 172 g/mol. The molecule has 0 aliphatic rings. The Bertz CT molecular complexity index is 356. The highest BCUT2D eigenvalue weighted by molar-refractivity contribution is 5.25. The van der Waals surface area contributed by atoms with Crippen LogP contribution < -0.4 is 10.4 Å².